The summed E-state index contributed by atoms with van der Waals surface area (Å²) in [5.41, 5.74) is 3.43. The summed E-state index contributed by atoms with van der Waals surface area (Å²) in [5.74, 6) is -0.147. The van der Waals surface area contributed by atoms with Gasteiger partial charge in [0.05, 0.1) is 36.0 Å². The van der Waals surface area contributed by atoms with Crippen LogP contribution in [-0.4, -0.2) is 74.4 Å². The Hall–Kier alpha value is -3.66. The van der Waals surface area contributed by atoms with Gasteiger partial charge < -0.3 is 25.0 Å². The van der Waals surface area contributed by atoms with Gasteiger partial charge in [-0.1, -0.05) is 37.3 Å². The molecule has 2 bridgehead atoms. The summed E-state index contributed by atoms with van der Waals surface area (Å²) >= 11 is 0. The molecule has 10 nitrogen and oxygen atoms in total. The molecule has 2 aliphatic carbocycles. The number of carbonyl (C=O) groups is 2. The molecule has 2 aromatic heterocycles. The molecule has 2 amide bonds. The van der Waals surface area contributed by atoms with Gasteiger partial charge in [0.1, 0.15) is 0 Å². The second kappa shape index (κ2) is 8.92. The van der Waals surface area contributed by atoms with Gasteiger partial charge in [0.25, 0.3) is 0 Å². The summed E-state index contributed by atoms with van der Waals surface area (Å²) in [6.45, 7) is 7.53. The first kappa shape index (κ1) is 26.0. The van der Waals surface area contributed by atoms with Crippen LogP contribution < -0.4 is 10.2 Å². The maximum absolute atomic E-state index is 13.4. The Labute approximate surface area is 245 Å². The number of fused-ring (bicyclic) bond motifs is 2. The highest BCUT2D eigenvalue weighted by Gasteiger charge is 2.68. The number of anilines is 1. The highest BCUT2D eigenvalue weighted by atomic mass is 16.5. The van der Waals surface area contributed by atoms with Crippen LogP contribution in [0.2, 0.25) is 0 Å². The van der Waals surface area contributed by atoms with Crippen LogP contribution in [0, 0.1) is 18.8 Å². The van der Waals surface area contributed by atoms with Crippen molar-refractivity contribution in [2.45, 2.75) is 75.0 Å². The van der Waals surface area contributed by atoms with E-state index >= 15 is 0 Å². The van der Waals surface area contributed by atoms with Gasteiger partial charge >= 0.3 is 12.0 Å². The third-order valence-corrected chi connectivity index (χ3v) is 11.1. The molecule has 6 fully saturated rings. The summed E-state index contributed by atoms with van der Waals surface area (Å²) in [4.78, 5) is 34.2. The maximum atomic E-state index is 13.4. The second-order valence-corrected chi connectivity index (χ2v) is 13.7. The van der Waals surface area contributed by atoms with E-state index in [9.17, 15) is 14.7 Å². The molecule has 220 valence electrons. The molecule has 9 rings (SSSR count). The summed E-state index contributed by atoms with van der Waals surface area (Å²) < 4.78 is 8.33. The number of aliphatic carboxylic acids is 1. The summed E-state index contributed by atoms with van der Waals surface area (Å²) in [5, 5.41) is 17.7. The van der Waals surface area contributed by atoms with E-state index in [0.29, 0.717) is 44.7 Å². The third kappa shape index (κ3) is 3.73. The third-order valence-electron chi connectivity index (χ3n) is 11.1. The van der Waals surface area contributed by atoms with E-state index in [1.165, 1.54) is 5.56 Å². The van der Waals surface area contributed by atoms with E-state index in [-0.39, 0.29) is 34.9 Å². The normalized spacial score (nSPS) is 35.7. The molecule has 10 heteroatoms. The van der Waals surface area contributed by atoms with Crippen LogP contribution in [0.1, 0.15) is 62.4 Å². The highest BCUT2D eigenvalue weighted by molar-refractivity contribution is 5.79. The number of hydrogen-bond acceptors (Lipinski definition) is 6. The van der Waals surface area contributed by atoms with Crippen molar-refractivity contribution >= 4 is 23.3 Å². The first-order chi connectivity index (χ1) is 20.2. The number of rotatable bonds is 5. The minimum atomic E-state index is -0.735. The summed E-state index contributed by atoms with van der Waals surface area (Å²) in [6, 6.07) is 12.8. The van der Waals surface area contributed by atoms with E-state index in [1.54, 1.807) is 0 Å². The van der Waals surface area contributed by atoms with Crippen molar-refractivity contribution in [3.05, 3.63) is 59.5 Å². The molecule has 4 atom stereocenters. The number of carboxylic acids is 1. The molecule has 2 saturated carbocycles. The molecule has 6 heterocycles. The Morgan fingerprint density at radius 3 is 2.67 bits per heavy atom. The fourth-order valence-corrected chi connectivity index (χ4v) is 8.59. The fourth-order valence-electron chi connectivity index (χ4n) is 8.59. The monoisotopic (exact) mass is 570 g/mol. The number of benzene rings is 1. The molecule has 0 radical (unpaired) electrons. The minimum absolute atomic E-state index is 0.0777. The lowest BCUT2D eigenvalue weighted by Crippen LogP contribution is -2.60. The van der Waals surface area contributed by atoms with Gasteiger partial charge in [0, 0.05) is 31.0 Å². The fraction of sp³-hybridized carbons (Fsp3) is 0.562. The number of aromatic nitrogens is 3. The number of hydrogen-bond donors (Lipinski definition) is 2. The molecule has 3 unspecified atom stereocenters. The molecular formula is C32H38N6O4. The Morgan fingerprint density at radius 1 is 1.14 bits per heavy atom. The van der Waals surface area contributed by atoms with Crippen LogP contribution in [0.3, 0.4) is 0 Å². The molecule has 4 aliphatic heterocycles. The molecule has 1 spiro atoms. The Morgan fingerprint density at radius 2 is 1.93 bits per heavy atom. The van der Waals surface area contributed by atoms with E-state index in [4.69, 9.17) is 14.8 Å². The van der Waals surface area contributed by atoms with Crippen LogP contribution in [0.25, 0.3) is 5.65 Å². The minimum Gasteiger partial charge on any atom is -0.481 e. The van der Waals surface area contributed by atoms with Gasteiger partial charge in [-0.25, -0.2) is 14.3 Å². The molecule has 42 heavy (non-hydrogen) atoms. The van der Waals surface area contributed by atoms with Crippen molar-refractivity contribution in [3.8, 4) is 0 Å². The van der Waals surface area contributed by atoms with Gasteiger partial charge in [0.15, 0.2) is 17.1 Å². The van der Waals surface area contributed by atoms with E-state index in [1.807, 2.05) is 9.42 Å². The van der Waals surface area contributed by atoms with Crippen molar-refractivity contribution in [2.75, 3.05) is 31.1 Å². The number of urea groups is 1. The zero-order valence-corrected chi connectivity index (χ0v) is 24.3. The van der Waals surface area contributed by atoms with Gasteiger partial charge in [-0.2, -0.15) is 0 Å². The Balaban J connectivity index is 1.05. The van der Waals surface area contributed by atoms with Crippen LogP contribution in [0.5, 0.6) is 0 Å². The average Bonchev–Trinajstić information content (AvgIpc) is 3.78. The van der Waals surface area contributed by atoms with E-state index in [2.05, 4.69) is 66.7 Å². The topological polar surface area (TPSA) is 112 Å². The van der Waals surface area contributed by atoms with E-state index < -0.39 is 11.6 Å². The van der Waals surface area contributed by atoms with Crippen molar-refractivity contribution in [2.24, 2.45) is 11.8 Å². The summed E-state index contributed by atoms with van der Waals surface area (Å²) in [6.07, 6.45) is 6.54. The van der Waals surface area contributed by atoms with Crippen LogP contribution in [0.4, 0.5) is 10.5 Å². The molecule has 2 N–H and O–H groups in total. The standard InChI is InChI=1S/C32H38N6O4/c1-20-14-24(36-13-12-30(2,18-36)23-6-4-3-5-7-23)16-38-26(20)33-28(35-38)32-15-22(17-42-32)25(32)37-19-31(34-29(37)41)10-8-21(9-11-31)27(39)40/h3-7,14,16,21-22,25H,8-13,15,17-19H2,1-2H3,(H,34,41)(H,39,40)/t21?,22?,25?,30-,31?,32?/m0/s1. The number of carbonyl (C=O) groups excluding carboxylic acids is 1. The quantitative estimate of drug-likeness (QED) is 0.479. The Kier molecular flexibility index (Phi) is 5.52. The highest BCUT2D eigenvalue weighted by Crippen LogP contribution is 2.58. The molecule has 4 saturated heterocycles. The van der Waals surface area contributed by atoms with Gasteiger partial charge in [-0.3, -0.25) is 4.79 Å². The zero-order chi connectivity index (χ0) is 28.9. The molecular weight excluding hydrogens is 532 g/mol. The second-order valence-electron chi connectivity index (χ2n) is 13.7. The largest absolute Gasteiger partial charge is 0.481 e. The first-order valence-corrected chi connectivity index (χ1v) is 15.3. The van der Waals surface area contributed by atoms with Crippen LogP contribution >= 0.6 is 0 Å². The van der Waals surface area contributed by atoms with Crippen molar-refractivity contribution < 1.29 is 19.4 Å². The molecule has 3 aromatic rings. The number of aryl methyl sites for hydroxylation is 1. The number of amides is 2. The average molecular weight is 571 g/mol. The Bertz CT molecular complexity index is 1580. The number of ether oxygens (including phenoxy) is 1. The van der Waals surface area contributed by atoms with Crippen molar-refractivity contribution in [3.63, 3.8) is 0 Å². The summed E-state index contributed by atoms with van der Waals surface area (Å²) in [7, 11) is 0. The number of nitrogens with zero attached hydrogens (tertiary/aromatic N) is 5. The predicted molar refractivity (Wildman–Crippen MR) is 155 cm³/mol. The lowest BCUT2D eigenvalue weighted by molar-refractivity contribution is -0.143. The zero-order valence-electron chi connectivity index (χ0n) is 24.3. The molecule has 1 aromatic carbocycles. The van der Waals surface area contributed by atoms with Crippen LogP contribution in [0.15, 0.2) is 42.6 Å². The van der Waals surface area contributed by atoms with Crippen LogP contribution in [-0.2, 0) is 20.5 Å². The number of pyridine rings is 1. The first-order valence-electron chi connectivity index (χ1n) is 15.3. The predicted octanol–water partition coefficient (Wildman–Crippen LogP) is 3.86. The number of carboxylic acid groups (broad SMARTS) is 1. The van der Waals surface area contributed by atoms with Gasteiger partial charge in [-0.05, 0) is 62.6 Å². The van der Waals surface area contributed by atoms with E-state index in [0.717, 1.165) is 42.8 Å². The number of nitrogens with one attached hydrogen (secondary N) is 1. The SMILES string of the molecule is Cc1cc(N2CC[C@](C)(c3ccccc3)C2)cn2nc(C34CC(CO3)C4N3CC4(CCC(C(=O)O)CC4)NC3=O)nc12. The van der Waals surface area contributed by atoms with Gasteiger partial charge in [-0.15, -0.1) is 5.10 Å². The smallest absolute Gasteiger partial charge is 0.318 e. The van der Waals surface area contributed by atoms with Gasteiger partial charge in [0.2, 0.25) is 0 Å². The van der Waals surface area contributed by atoms with Crippen molar-refractivity contribution in [1.29, 1.82) is 0 Å². The molecule has 6 aliphatic rings. The lowest BCUT2D eigenvalue weighted by Gasteiger charge is -2.47. The maximum Gasteiger partial charge on any atom is 0.318 e. The lowest BCUT2D eigenvalue weighted by atomic mass is 9.67. The van der Waals surface area contributed by atoms with Crippen molar-refractivity contribution in [1.82, 2.24) is 24.8 Å².